The average Bonchev–Trinajstić information content (AvgIpc) is 2.41. The van der Waals surface area contributed by atoms with Crippen LogP contribution in [0.25, 0.3) is 0 Å². The molecular weight excluding hydrogens is 204 g/mol. The number of aryl methyl sites for hydroxylation is 2. The fourth-order valence-electron chi connectivity index (χ4n) is 0.917. The molecule has 1 amide bonds. The molecule has 0 bridgehead atoms. The predicted octanol–water partition coefficient (Wildman–Crippen LogP) is -0.231. The van der Waals surface area contributed by atoms with Gasteiger partial charge >= 0.3 is 5.91 Å². The third-order valence-electron chi connectivity index (χ3n) is 1.41. The lowest BCUT2D eigenvalue weighted by Crippen LogP contribution is -2.44. The number of carbonyl (C=O) groups is 1. The monoisotopic (exact) mass is 214 g/mol. The van der Waals surface area contributed by atoms with Gasteiger partial charge in [0.2, 0.25) is 5.76 Å². The van der Waals surface area contributed by atoms with E-state index in [9.17, 15) is 4.79 Å². The van der Waals surface area contributed by atoms with Crippen LogP contribution in [-0.2, 0) is 0 Å². The highest BCUT2D eigenvalue weighted by Gasteiger charge is 2.15. The molecule has 0 fully saturated rings. The number of hydrogen-bond acceptors (Lipinski definition) is 4. The number of oxazole rings is 1. The van der Waals surface area contributed by atoms with E-state index in [1.165, 1.54) is 0 Å². The first-order valence-electron chi connectivity index (χ1n) is 3.80. The lowest BCUT2D eigenvalue weighted by atomic mass is 10.3. The van der Waals surface area contributed by atoms with Crippen molar-refractivity contribution >= 4 is 23.2 Å². The van der Waals surface area contributed by atoms with Crippen molar-refractivity contribution in [3.05, 3.63) is 17.3 Å². The molecule has 0 unspecified atom stereocenters. The maximum absolute atomic E-state index is 11.4. The molecule has 0 saturated heterocycles. The first kappa shape index (κ1) is 10.5. The molecule has 0 aliphatic carbocycles. The third-order valence-corrected chi connectivity index (χ3v) is 1.51. The van der Waals surface area contributed by atoms with E-state index in [0.717, 1.165) is 0 Å². The summed E-state index contributed by atoms with van der Waals surface area (Å²) in [5.74, 6) is 0.116. The van der Waals surface area contributed by atoms with Gasteiger partial charge in [-0.05, 0) is 19.1 Å². The zero-order chi connectivity index (χ0) is 10.7. The Labute approximate surface area is 85.8 Å². The van der Waals surface area contributed by atoms with Crippen LogP contribution in [0.2, 0.25) is 0 Å². The van der Waals surface area contributed by atoms with Crippen molar-refractivity contribution in [2.24, 2.45) is 5.73 Å². The largest absolute Gasteiger partial charge is 0.435 e. The van der Waals surface area contributed by atoms with E-state index >= 15 is 0 Å². The number of nitrogens with one attached hydrogen (secondary N) is 2. The number of carbonyl (C=O) groups excluding carboxylic acids is 1. The van der Waals surface area contributed by atoms with Gasteiger partial charge in [0.1, 0.15) is 0 Å². The molecule has 1 aromatic heterocycles. The summed E-state index contributed by atoms with van der Waals surface area (Å²) in [6.07, 6.45) is 0. The summed E-state index contributed by atoms with van der Waals surface area (Å²) in [6, 6.07) is 0. The number of aromatic nitrogens is 1. The van der Waals surface area contributed by atoms with Crippen LogP contribution in [0.1, 0.15) is 22.1 Å². The Morgan fingerprint density at radius 3 is 2.57 bits per heavy atom. The molecule has 14 heavy (non-hydrogen) atoms. The highest BCUT2D eigenvalue weighted by atomic mass is 32.1. The molecule has 0 saturated carbocycles. The number of thiocarbonyl (C=S) groups is 1. The van der Waals surface area contributed by atoms with Crippen molar-refractivity contribution in [1.82, 2.24) is 15.8 Å². The van der Waals surface area contributed by atoms with Gasteiger partial charge in [-0.1, -0.05) is 0 Å². The minimum absolute atomic E-state index is 0.0211. The summed E-state index contributed by atoms with van der Waals surface area (Å²) in [5, 5.41) is -0.0211. The Balaban J connectivity index is 2.69. The normalized spacial score (nSPS) is 9.57. The summed E-state index contributed by atoms with van der Waals surface area (Å²) < 4.78 is 5.06. The Morgan fingerprint density at radius 2 is 2.14 bits per heavy atom. The summed E-state index contributed by atoms with van der Waals surface area (Å²) in [5.41, 5.74) is 10.2. The summed E-state index contributed by atoms with van der Waals surface area (Å²) in [6.45, 7) is 3.33. The number of hydrazine groups is 1. The lowest BCUT2D eigenvalue weighted by molar-refractivity contribution is 0.0914. The van der Waals surface area contributed by atoms with Gasteiger partial charge in [0.15, 0.2) is 11.0 Å². The zero-order valence-electron chi connectivity index (χ0n) is 7.75. The molecule has 4 N–H and O–H groups in total. The van der Waals surface area contributed by atoms with Gasteiger partial charge in [-0.25, -0.2) is 4.98 Å². The summed E-state index contributed by atoms with van der Waals surface area (Å²) >= 11 is 4.51. The van der Waals surface area contributed by atoms with E-state index in [2.05, 4.69) is 28.1 Å². The molecule has 0 radical (unpaired) electrons. The highest BCUT2D eigenvalue weighted by Crippen LogP contribution is 2.08. The smallest absolute Gasteiger partial charge is 0.307 e. The van der Waals surface area contributed by atoms with Crippen molar-refractivity contribution in [1.29, 1.82) is 0 Å². The Kier molecular flexibility index (Phi) is 3.03. The molecule has 1 rings (SSSR count). The quantitative estimate of drug-likeness (QED) is 0.441. The maximum Gasteiger partial charge on any atom is 0.307 e. The standard InChI is InChI=1S/C7H10N4O2S/c1-3-5(13-4(2)9-3)6(12)10-11-7(8)14/h1-2H3,(H,10,12)(H3,8,11,14). The number of nitrogens with zero attached hydrogens (tertiary/aromatic N) is 1. The zero-order valence-corrected chi connectivity index (χ0v) is 8.57. The van der Waals surface area contributed by atoms with Crippen molar-refractivity contribution in [2.45, 2.75) is 13.8 Å². The van der Waals surface area contributed by atoms with Gasteiger partial charge < -0.3 is 10.2 Å². The molecule has 7 heteroatoms. The molecule has 0 aliphatic rings. The Morgan fingerprint density at radius 1 is 1.50 bits per heavy atom. The fourth-order valence-corrected chi connectivity index (χ4v) is 0.968. The molecule has 0 spiro atoms. The molecule has 6 nitrogen and oxygen atoms in total. The van der Waals surface area contributed by atoms with E-state index < -0.39 is 5.91 Å². The van der Waals surface area contributed by atoms with Crippen LogP contribution >= 0.6 is 12.2 Å². The maximum atomic E-state index is 11.4. The van der Waals surface area contributed by atoms with Gasteiger partial charge in [-0.2, -0.15) is 0 Å². The first-order chi connectivity index (χ1) is 6.50. The molecular formula is C7H10N4O2S. The van der Waals surface area contributed by atoms with Crippen LogP contribution in [0.15, 0.2) is 4.42 Å². The van der Waals surface area contributed by atoms with E-state index in [4.69, 9.17) is 10.2 Å². The Hall–Kier alpha value is -1.63. The van der Waals surface area contributed by atoms with Gasteiger partial charge in [0, 0.05) is 6.92 Å². The van der Waals surface area contributed by atoms with Crippen LogP contribution in [-0.4, -0.2) is 16.0 Å². The van der Waals surface area contributed by atoms with Gasteiger partial charge in [-0.3, -0.25) is 15.6 Å². The van der Waals surface area contributed by atoms with Crippen LogP contribution in [0, 0.1) is 13.8 Å². The minimum atomic E-state index is -0.462. The number of nitrogens with two attached hydrogens (primary N) is 1. The second-order valence-corrected chi connectivity index (χ2v) is 3.03. The average molecular weight is 214 g/mol. The van der Waals surface area contributed by atoms with Gasteiger partial charge in [0.05, 0.1) is 5.69 Å². The van der Waals surface area contributed by atoms with Crippen LogP contribution in [0.3, 0.4) is 0 Å². The summed E-state index contributed by atoms with van der Waals surface area (Å²) in [4.78, 5) is 15.3. The van der Waals surface area contributed by atoms with E-state index in [1.807, 2.05) is 0 Å². The SMILES string of the molecule is Cc1nc(C)c(C(=O)NNC(N)=S)o1. The predicted molar refractivity (Wildman–Crippen MR) is 53.4 cm³/mol. The number of rotatable bonds is 1. The second kappa shape index (κ2) is 4.05. The highest BCUT2D eigenvalue weighted by molar-refractivity contribution is 7.80. The molecule has 76 valence electrons. The van der Waals surface area contributed by atoms with Crippen LogP contribution in [0.4, 0.5) is 0 Å². The van der Waals surface area contributed by atoms with Crippen molar-refractivity contribution in [3.63, 3.8) is 0 Å². The molecule has 0 aliphatic heterocycles. The molecule has 1 aromatic rings. The molecule has 1 heterocycles. The third kappa shape index (κ3) is 2.43. The number of amides is 1. The lowest BCUT2D eigenvalue weighted by Gasteiger charge is -2.03. The van der Waals surface area contributed by atoms with Crippen molar-refractivity contribution in [3.8, 4) is 0 Å². The van der Waals surface area contributed by atoms with E-state index in [1.54, 1.807) is 13.8 Å². The minimum Gasteiger partial charge on any atom is -0.435 e. The fraction of sp³-hybridized carbons (Fsp3) is 0.286. The van der Waals surface area contributed by atoms with Crippen molar-refractivity contribution in [2.75, 3.05) is 0 Å². The van der Waals surface area contributed by atoms with Gasteiger partial charge in [0.25, 0.3) is 0 Å². The number of hydrogen-bond donors (Lipinski definition) is 3. The van der Waals surface area contributed by atoms with E-state index in [-0.39, 0.29) is 10.9 Å². The van der Waals surface area contributed by atoms with Gasteiger partial charge in [-0.15, -0.1) is 0 Å². The topological polar surface area (TPSA) is 93.2 Å². The molecule has 0 aromatic carbocycles. The second-order valence-electron chi connectivity index (χ2n) is 2.59. The summed E-state index contributed by atoms with van der Waals surface area (Å²) in [7, 11) is 0. The Bertz CT molecular complexity index is 374. The first-order valence-corrected chi connectivity index (χ1v) is 4.21. The molecule has 0 atom stereocenters. The van der Waals surface area contributed by atoms with Crippen LogP contribution < -0.4 is 16.6 Å². The van der Waals surface area contributed by atoms with E-state index in [0.29, 0.717) is 11.6 Å². The van der Waals surface area contributed by atoms with Crippen LogP contribution in [0.5, 0.6) is 0 Å². The van der Waals surface area contributed by atoms with Crippen molar-refractivity contribution < 1.29 is 9.21 Å².